The fourth-order valence-electron chi connectivity index (χ4n) is 2.38. The average molecular weight is 364 g/mol. The Kier molecular flexibility index (Phi) is 6.60. The van der Waals surface area contributed by atoms with Crippen molar-refractivity contribution >= 4 is 22.9 Å². The topological polar surface area (TPSA) is 101 Å². The molecule has 0 unspecified atom stereocenters. The van der Waals surface area contributed by atoms with E-state index in [1.807, 2.05) is 6.92 Å². The summed E-state index contributed by atoms with van der Waals surface area (Å²) < 4.78 is 25.2. The molecule has 0 amide bonds. The second-order valence-corrected chi connectivity index (χ2v) is 5.36. The first kappa shape index (κ1) is 19.3. The summed E-state index contributed by atoms with van der Waals surface area (Å²) >= 11 is 0. The zero-order chi connectivity index (χ0) is 19.1. The lowest BCUT2D eigenvalue weighted by molar-refractivity contribution is -0.143. The van der Waals surface area contributed by atoms with Gasteiger partial charge in [-0.2, -0.15) is 0 Å². The molecule has 0 radical (unpaired) electrons. The molecule has 8 nitrogen and oxygen atoms in total. The van der Waals surface area contributed by atoms with Gasteiger partial charge in [0.2, 0.25) is 0 Å². The molecule has 0 saturated carbocycles. The molecule has 2 aromatic rings. The van der Waals surface area contributed by atoms with Crippen molar-refractivity contribution in [2.75, 3.05) is 27.4 Å². The van der Waals surface area contributed by atoms with E-state index in [4.69, 9.17) is 13.9 Å². The highest BCUT2D eigenvalue weighted by Gasteiger charge is 2.16. The molecule has 1 aromatic carbocycles. The Bertz CT molecular complexity index is 852. The molecule has 0 aliphatic carbocycles. The van der Waals surface area contributed by atoms with Gasteiger partial charge in [-0.25, -0.2) is 14.4 Å². The fourth-order valence-corrected chi connectivity index (χ4v) is 2.38. The predicted molar refractivity (Wildman–Crippen MR) is 91.5 cm³/mol. The normalized spacial score (nSPS) is 10.4. The first-order valence-corrected chi connectivity index (χ1v) is 7.98. The molecule has 140 valence electrons. The highest BCUT2D eigenvalue weighted by atomic mass is 16.6. The summed E-state index contributed by atoms with van der Waals surface area (Å²) in [5.41, 5.74) is 0.464. The van der Waals surface area contributed by atoms with Gasteiger partial charge in [-0.3, -0.25) is 0 Å². The minimum atomic E-state index is -0.566. The van der Waals surface area contributed by atoms with Crippen molar-refractivity contribution in [3.8, 4) is 11.5 Å². The zero-order valence-electron chi connectivity index (χ0n) is 14.8. The third-order valence-corrected chi connectivity index (χ3v) is 3.54. The van der Waals surface area contributed by atoms with E-state index in [9.17, 15) is 14.4 Å². The number of rotatable bonds is 8. The molecule has 0 saturated heterocycles. The SMILES string of the molecule is CCCc1cc(=O)oc2cc(OCC(=O)OC)cc(OCC(=O)OC)c12. The Morgan fingerprint density at radius 3 is 2.27 bits per heavy atom. The van der Waals surface area contributed by atoms with Crippen LogP contribution < -0.4 is 15.1 Å². The monoisotopic (exact) mass is 364 g/mol. The molecule has 0 fully saturated rings. The van der Waals surface area contributed by atoms with Crippen molar-refractivity contribution in [3.05, 3.63) is 34.2 Å². The van der Waals surface area contributed by atoms with Crippen molar-refractivity contribution in [1.82, 2.24) is 0 Å². The number of esters is 2. The van der Waals surface area contributed by atoms with E-state index in [-0.39, 0.29) is 24.5 Å². The molecule has 1 heterocycles. The van der Waals surface area contributed by atoms with E-state index in [2.05, 4.69) is 9.47 Å². The van der Waals surface area contributed by atoms with Crippen LogP contribution in [0.1, 0.15) is 18.9 Å². The molecular formula is C18H20O8. The summed E-state index contributed by atoms with van der Waals surface area (Å²) in [5.74, 6) is -0.601. The summed E-state index contributed by atoms with van der Waals surface area (Å²) in [6.45, 7) is 1.33. The number of carbonyl (C=O) groups excluding carboxylic acids is 2. The molecule has 0 bridgehead atoms. The minimum absolute atomic E-state index is 0.236. The fraction of sp³-hybridized carbons (Fsp3) is 0.389. The van der Waals surface area contributed by atoms with Gasteiger partial charge in [0.15, 0.2) is 13.2 Å². The van der Waals surface area contributed by atoms with Gasteiger partial charge >= 0.3 is 17.6 Å². The first-order valence-electron chi connectivity index (χ1n) is 7.98. The van der Waals surface area contributed by atoms with Crippen LogP contribution >= 0.6 is 0 Å². The van der Waals surface area contributed by atoms with Gasteiger partial charge in [0, 0.05) is 18.2 Å². The molecule has 0 spiro atoms. The number of fused-ring (bicyclic) bond motifs is 1. The number of aryl methyl sites for hydroxylation is 1. The Balaban J connectivity index is 2.50. The predicted octanol–water partition coefficient (Wildman–Crippen LogP) is 1.85. The molecule has 0 N–H and O–H groups in total. The van der Waals surface area contributed by atoms with Crippen LogP contribution in [0.5, 0.6) is 11.5 Å². The highest BCUT2D eigenvalue weighted by molar-refractivity contribution is 5.88. The molecule has 0 atom stereocenters. The molecule has 0 aliphatic rings. The standard InChI is InChI=1S/C18H20O8/c1-4-5-11-6-15(19)26-14-8-12(24-9-16(20)22-2)7-13(18(11)14)25-10-17(21)23-3/h6-8H,4-5,9-10H2,1-3H3. The second kappa shape index (κ2) is 8.89. The van der Waals surface area contributed by atoms with Crippen molar-refractivity contribution in [2.45, 2.75) is 19.8 Å². The number of ether oxygens (including phenoxy) is 4. The van der Waals surface area contributed by atoms with Gasteiger partial charge < -0.3 is 23.4 Å². The quantitative estimate of drug-likeness (QED) is 0.517. The van der Waals surface area contributed by atoms with Crippen LogP contribution in [0.4, 0.5) is 0 Å². The Morgan fingerprint density at radius 2 is 1.65 bits per heavy atom. The third kappa shape index (κ3) is 4.75. The van der Waals surface area contributed by atoms with Crippen LogP contribution in [0.2, 0.25) is 0 Å². The van der Waals surface area contributed by atoms with Crippen molar-refractivity contribution < 1.29 is 33.0 Å². The average Bonchev–Trinajstić information content (AvgIpc) is 2.63. The Morgan fingerprint density at radius 1 is 1.00 bits per heavy atom. The first-order chi connectivity index (χ1) is 12.5. The molecule has 0 aliphatic heterocycles. The van der Waals surface area contributed by atoms with Gasteiger partial charge in [0.05, 0.1) is 19.6 Å². The van der Waals surface area contributed by atoms with Gasteiger partial charge in [-0.05, 0) is 12.0 Å². The van der Waals surface area contributed by atoms with Crippen LogP contribution in [0, 0.1) is 0 Å². The number of hydrogen-bond donors (Lipinski definition) is 0. The maximum Gasteiger partial charge on any atom is 0.343 e. The number of hydrogen-bond acceptors (Lipinski definition) is 8. The van der Waals surface area contributed by atoms with E-state index in [1.165, 1.54) is 32.4 Å². The summed E-state index contributed by atoms with van der Waals surface area (Å²) in [7, 11) is 2.49. The lowest BCUT2D eigenvalue weighted by Gasteiger charge is -2.13. The second-order valence-electron chi connectivity index (χ2n) is 5.36. The van der Waals surface area contributed by atoms with Crippen molar-refractivity contribution in [2.24, 2.45) is 0 Å². The van der Waals surface area contributed by atoms with Crippen LogP contribution in [0.25, 0.3) is 11.0 Å². The molecular weight excluding hydrogens is 344 g/mol. The maximum absolute atomic E-state index is 11.8. The van der Waals surface area contributed by atoms with E-state index in [1.54, 1.807) is 0 Å². The smallest absolute Gasteiger partial charge is 0.343 e. The Hall–Kier alpha value is -3.03. The van der Waals surface area contributed by atoms with Gasteiger partial charge in [-0.1, -0.05) is 13.3 Å². The molecule has 26 heavy (non-hydrogen) atoms. The minimum Gasteiger partial charge on any atom is -0.482 e. The summed E-state index contributed by atoms with van der Waals surface area (Å²) in [6.07, 6.45) is 1.43. The van der Waals surface area contributed by atoms with Gasteiger partial charge in [0.25, 0.3) is 0 Å². The van der Waals surface area contributed by atoms with Crippen LogP contribution in [-0.2, 0) is 25.5 Å². The van der Waals surface area contributed by atoms with E-state index in [0.717, 1.165) is 12.0 Å². The summed E-state index contributed by atoms with van der Waals surface area (Å²) in [4.78, 5) is 34.5. The number of benzene rings is 1. The highest BCUT2D eigenvalue weighted by Crippen LogP contribution is 2.33. The largest absolute Gasteiger partial charge is 0.482 e. The Labute approximate surface area is 149 Å². The molecule has 8 heteroatoms. The van der Waals surface area contributed by atoms with E-state index >= 15 is 0 Å². The summed E-state index contributed by atoms with van der Waals surface area (Å²) in [5, 5.41) is 0.570. The van der Waals surface area contributed by atoms with Crippen LogP contribution in [0.3, 0.4) is 0 Å². The van der Waals surface area contributed by atoms with Crippen LogP contribution in [0.15, 0.2) is 27.4 Å². The third-order valence-electron chi connectivity index (χ3n) is 3.54. The van der Waals surface area contributed by atoms with Crippen molar-refractivity contribution in [3.63, 3.8) is 0 Å². The van der Waals surface area contributed by atoms with Gasteiger partial charge in [0.1, 0.15) is 17.1 Å². The van der Waals surface area contributed by atoms with E-state index in [0.29, 0.717) is 17.6 Å². The lowest BCUT2D eigenvalue weighted by Crippen LogP contribution is -2.14. The zero-order valence-corrected chi connectivity index (χ0v) is 14.8. The number of carbonyl (C=O) groups is 2. The maximum atomic E-state index is 11.8. The van der Waals surface area contributed by atoms with Crippen LogP contribution in [-0.4, -0.2) is 39.4 Å². The van der Waals surface area contributed by atoms with Crippen molar-refractivity contribution in [1.29, 1.82) is 0 Å². The lowest BCUT2D eigenvalue weighted by atomic mass is 10.0. The van der Waals surface area contributed by atoms with Gasteiger partial charge in [-0.15, -0.1) is 0 Å². The molecule has 2 rings (SSSR count). The number of methoxy groups -OCH3 is 2. The molecule has 1 aromatic heterocycles. The van der Waals surface area contributed by atoms with E-state index < -0.39 is 17.6 Å². The summed E-state index contributed by atoms with van der Waals surface area (Å²) in [6, 6.07) is 4.41.